The van der Waals surface area contributed by atoms with Crippen molar-refractivity contribution in [3.8, 4) is 0 Å². The lowest BCUT2D eigenvalue weighted by atomic mass is 10.2. The number of urea groups is 1. The van der Waals surface area contributed by atoms with Gasteiger partial charge in [0.05, 0.1) is 0 Å². The molecule has 0 spiro atoms. The molecule has 0 aliphatic carbocycles. The van der Waals surface area contributed by atoms with E-state index in [1.807, 2.05) is 17.0 Å². The van der Waals surface area contributed by atoms with Gasteiger partial charge in [-0.3, -0.25) is 9.11 Å². The first-order valence-corrected chi connectivity index (χ1v) is 9.43. The van der Waals surface area contributed by atoms with Gasteiger partial charge in [-0.25, -0.2) is 4.79 Å². The molecular weight excluding hydrogens is 298 g/mol. The van der Waals surface area contributed by atoms with E-state index in [9.17, 15) is 9.00 Å². The van der Waals surface area contributed by atoms with Crippen LogP contribution in [0.25, 0.3) is 0 Å². The van der Waals surface area contributed by atoms with Crippen LogP contribution < -0.4 is 5.32 Å². The van der Waals surface area contributed by atoms with Crippen LogP contribution in [0.1, 0.15) is 19.3 Å². The van der Waals surface area contributed by atoms with Gasteiger partial charge in [0.1, 0.15) is 0 Å². The third-order valence-electron chi connectivity index (χ3n) is 4.55. The highest BCUT2D eigenvalue weighted by molar-refractivity contribution is 7.84. The van der Waals surface area contributed by atoms with Crippen LogP contribution in [0.2, 0.25) is 0 Å². The van der Waals surface area contributed by atoms with Gasteiger partial charge in [0.25, 0.3) is 0 Å². The molecule has 5 nitrogen and oxygen atoms in total. The third kappa shape index (κ3) is 3.50. The molecule has 120 valence electrons. The molecule has 6 heteroatoms. The largest absolute Gasteiger partial charge is 0.323 e. The lowest BCUT2D eigenvalue weighted by molar-refractivity contribution is 0.210. The molecule has 0 saturated carbocycles. The molecule has 0 radical (unpaired) electrons. The van der Waals surface area contributed by atoms with E-state index in [0.29, 0.717) is 6.04 Å². The van der Waals surface area contributed by atoms with Crippen molar-refractivity contribution in [2.45, 2.75) is 30.2 Å². The molecule has 0 unspecified atom stereocenters. The van der Waals surface area contributed by atoms with Gasteiger partial charge in [0.2, 0.25) is 0 Å². The molecule has 3 rings (SSSR count). The molecule has 2 atom stereocenters. The first-order chi connectivity index (χ1) is 10.6. The van der Waals surface area contributed by atoms with Gasteiger partial charge in [0.15, 0.2) is 0 Å². The van der Waals surface area contributed by atoms with Crippen molar-refractivity contribution in [3.63, 3.8) is 0 Å². The van der Waals surface area contributed by atoms with Crippen LogP contribution in [0.4, 0.5) is 10.5 Å². The van der Waals surface area contributed by atoms with Gasteiger partial charge in [-0.1, -0.05) is 0 Å². The number of amides is 2. The number of rotatable bonds is 3. The minimum atomic E-state index is -0.987. The van der Waals surface area contributed by atoms with E-state index in [1.54, 1.807) is 18.4 Å². The number of carbonyl (C=O) groups is 1. The number of anilines is 1. The Morgan fingerprint density at radius 1 is 1.18 bits per heavy atom. The summed E-state index contributed by atoms with van der Waals surface area (Å²) in [5.74, 6) is 0. The summed E-state index contributed by atoms with van der Waals surface area (Å²) in [6.45, 7) is 4.00. The highest BCUT2D eigenvalue weighted by Crippen LogP contribution is 2.21. The minimum absolute atomic E-state index is 0.0351. The Labute approximate surface area is 134 Å². The molecule has 0 aromatic heterocycles. The maximum absolute atomic E-state index is 12.3. The average molecular weight is 321 g/mol. The quantitative estimate of drug-likeness (QED) is 0.928. The molecule has 22 heavy (non-hydrogen) atoms. The van der Waals surface area contributed by atoms with E-state index < -0.39 is 10.8 Å². The van der Waals surface area contributed by atoms with Crippen LogP contribution >= 0.6 is 0 Å². The average Bonchev–Trinajstić information content (AvgIpc) is 3.19. The maximum Gasteiger partial charge on any atom is 0.321 e. The second kappa shape index (κ2) is 6.79. The van der Waals surface area contributed by atoms with Crippen molar-refractivity contribution < 1.29 is 9.00 Å². The molecular formula is C16H23N3O2S. The van der Waals surface area contributed by atoms with Crippen molar-refractivity contribution in [3.05, 3.63) is 24.3 Å². The smallest absolute Gasteiger partial charge is 0.321 e. The van der Waals surface area contributed by atoms with Gasteiger partial charge in [-0.2, -0.15) is 0 Å². The van der Waals surface area contributed by atoms with Crippen molar-refractivity contribution in [1.29, 1.82) is 0 Å². The second-order valence-electron chi connectivity index (χ2n) is 6.04. The fourth-order valence-corrected chi connectivity index (χ4v) is 3.78. The topological polar surface area (TPSA) is 52.7 Å². The lowest BCUT2D eigenvalue weighted by Crippen LogP contribution is -2.38. The predicted molar refractivity (Wildman–Crippen MR) is 88.6 cm³/mol. The fraction of sp³-hybridized carbons (Fsp3) is 0.562. The van der Waals surface area contributed by atoms with Gasteiger partial charge in [-0.15, -0.1) is 0 Å². The lowest BCUT2D eigenvalue weighted by Gasteiger charge is -2.23. The molecule has 2 amide bonds. The van der Waals surface area contributed by atoms with Crippen LogP contribution in [0, 0.1) is 0 Å². The zero-order chi connectivity index (χ0) is 15.5. The van der Waals surface area contributed by atoms with Crippen molar-refractivity contribution in [1.82, 2.24) is 9.80 Å². The van der Waals surface area contributed by atoms with E-state index in [4.69, 9.17) is 0 Å². The van der Waals surface area contributed by atoms with Crippen molar-refractivity contribution >= 4 is 22.5 Å². The molecule has 2 fully saturated rings. The number of likely N-dealkylation sites (tertiary alicyclic amines) is 2. The van der Waals surface area contributed by atoms with Crippen LogP contribution in [0.3, 0.4) is 0 Å². The summed E-state index contributed by atoms with van der Waals surface area (Å²) >= 11 is 0. The summed E-state index contributed by atoms with van der Waals surface area (Å²) < 4.78 is 11.4. The van der Waals surface area contributed by atoms with Crippen LogP contribution in [-0.2, 0) is 10.8 Å². The third-order valence-corrected chi connectivity index (χ3v) is 5.48. The molecule has 2 aliphatic rings. The molecule has 1 aromatic carbocycles. The van der Waals surface area contributed by atoms with Crippen LogP contribution in [-0.4, -0.2) is 58.5 Å². The second-order valence-corrected chi connectivity index (χ2v) is 7.42. The summed E-state index contributed by atoms with van der Waals surface area (Å²) in [5.41, 5.74) is 0.754. The predicted octanol–water partition coefficient (Wildman–Crippen LogP) is 2.13. The van der Waals surface area contributed by atoms with Gasteiger partial charge < -0.3 is 10.2 Å². The van der Waals surface area contributed by atoms with Crippen molar-refractivity contribution in [2.75, 3.05) is 37.8 Å². The van der Waals surface area contributed by atoms with Gasteiger partial charge in [-0.05, 0) is 56.6 Å². The summed E-state index contributed by atoms with van der Waals surface area (Å²) in [6, 6.07) is 7.70. The van der Waals surface area contributed by atoms with E-state index in [-0.39, 0.29) is 6.03 Å². The molecule has 0 bridgehead atoms. The van der Waals surface area contributed by atoms with Gasteiger partial charge >= 0.3 is 6.03 Å². The standard InChI is InChI=1S/C16H23N3O2S/c1-22(21)15-6-4-13(5-7-15)17-16(20)19-11-8-14(12-19)18-9-2-3-10-18/h4-7,14H,2-3,8-12H2,1H3,(H,17,20)/t14-,22-/m0/s1. The Kier molecular flexibility index (Phi) is 4.78. The van der Waals surface area contributed by atoms with E-state index in [1.165, 1.54) is 25.9 Å². The van der Waals surface area contributed by atoms with Crippen LogP contribution in [0.15, 0.2) is 29.2 Å². The first-order valence-electron chi connectivity index (χ1n) is 7.87. The van der Waals surface area contributed by atoms with Crippen molar-refractivity contribution in [2.24, 2.45) is 0 Å². The molecule has 2 aliphatic heterocycles. The van der Waals surface area contributed by atoms with E-state index in [2.05, 4.69) is 10.2 Å². The number of nitrogens with zero attached hydrogens (tertiary/aromatic N) is 2. The Morgan fingerprint density at radius 2 is 1.86 bits per heavy atom. The number of hydrogen-bond acceptors (Lipinski definition) is 3. The first kappa shape index (κ1) is 15.5. The summed E-state index contributed by atoms with van der Waals surface area (Å²) in [5, 5.41) is 2.93. The molecule has 2 heterocycles. The summed E-state index contributed by atoms with van der Waals surface area (Å²) in [7, 11) is -0.987. The van der Waals surface area contributed by atoms with Gasteiger partial charge in [0, 0.05) is 46.8 Å². The highest BCUT2D eigenvalue weighted by Gasteiger charge is 2.31. The Bertz CT molecular complexity index is 555. The monoisotopic (exact) mass is 321 g/mol. The summed E-state index contributed by atoms with van der Waals surface area (Å²) in [6.07, 6.45) is 5.29. The highest BCUT2D eigenvalue weighted by atomic mass is 32.2. The maximum atomic E-state index is 12.3. The molecule has 1 N–H and O–H groups in total. The Morgan fingerprint density at radius 3 is 2.50 bits per heavy atom. The van der Waals surface area contributed by atoms with Crippen LogP contribution in [0.5, 0.6) is 0 Å². The van der Waals surface area contributed by atoms with E-state index in [0.717, 1.165) is 30.1 Å². The molecule has 2 saturated heterocycles. The number of nitrogens with one attached hydrogen (secondary N) is 1. The Hall–Kier alpha value is -1.40. The zero-order valence-electron chi connectivity index (χ0n) is 13.0. The normalized spacial score (nSPS) is 23.7. The SMILES string of the molecule is C[S@](=O)c1ccc(NC(=O)N2CC[C@H](N3CCCC3)C2)cc1. The van der Waals surface area contributed by atoms with E-state index >= 15 is 0 Å². The number of carbonyl (C=O) groups excluding carboxylic acids is 1. The minimum Gasteiger partial charge on any atom is -0.323 e. The number of hydrogen-bond donors (Lipinski definition) is 1. The molecule has 1 aromatic rings. The Balaban J connectivity index is 1.54. The zero-order valence-corrected chi connectivity index (χ0v) is 13.8. The fourth-order valence-electron chi connectivity index (χ4n) is 3.26. The number of benzene rings is 1. The summed E-state index contributed by atoms with van der Waals surface area (Å²) in [4.78, 5) is 17.5.